The quantitative estimate of drug-likeness (QED) is 0.689. The molecule has 0 unspecified atom stereocenters. The first-order valence-corrected chi connectivity index (χ1v) is 10.1. The lowest BCUT2D eigenvalue weighted by atomic mass is 10.1. The van der Waals surface area contributed by atoms with Crippen molar-refractivity contribution in [2.75, 3.05) is 6.54 Å². The molecule has 0 aromatic carbocycles. The first-order chi connectivity index (χ1) is 14.0. The minimum atomic E-state index is -0.364. The molecule has 8 nitrogen and oxygen atoms in total. The Morgan fingerprint density at radius 1 is 1.17 bits per heavy atom. The zero-order chi connectivity index (χ0) is 20.4. The average Bonchev–Trinajstić information content (AvgIpc) is 3.48. The Bertz CT molecular complexity index is 928. The number of carbonyl (C=O) groups is 2. The van der Waals surface area contributed by atoms with Crippen molar-refractivity contribution in [1.82, 2.24) is 25.6 Å². The molecule has 3 N–H and O–H groups in total. The smallest absolute Gasteiger partial charge is 0.273 e. The van der Waals surface area contributed by atoms with Crippen LogP contribution in [0.15, 0.2) is 24.7 Å². The molecular weight excluding hydrogens is 370 g/mol. The fourth-order valence-corrected chi connectivity index (χ4v) is 3.89. The summed E-state index contributed by atoms with van der Waals surface area (Å²) in [5.41, 5.74) is 2.15. The minimum absolute atomic E-state index is 0.00759. The summed E-state index contributed by atoms with van der Waals surface area (Å²) in [7, 11) is 0. The fourth-order valence-electron chi connectivity index (χ4n) is 3.89. The minimum Gasteiger partial charge on any atom is -0.505 e. The Kier molecular flexibility index (Phi) is 5.42. The number of aryl methyl sites for hydroxylation is 1. The lowest BCUT2D eigenvalue weighted by Gasteiger charge is -2.15. The highest BCUT2D eigenvalue weighted by Gasteiger charge is 2.31. The largest absolute Gasteiger partial charge is 0.505 e. The highest BCUT2D eigenvalue weighted by atomic mass is 16.3. The number of rotatable bonds is 6. The Hall–Kier alpha value is -3.03. The van der Waals surface area contributed by atoms with Gasteiger partial charge in [-0.2, -0.15) is 0 Å². The third-order valence-corrected chi connectivity index (χ3v) is 5.61. The van der Waals surface area contributed by atoms with Crippen molar-refractivity contribution in [3.63, 3.8) is 0 Å². The number of hydrogen-bond acceptors (Lipinski definition) is 6. The van der Waals surface area contributed by atoms with Crippen LogP contribution in [0.1, 0.15) is 70.3 Å². The summed E-state index contributed by atoms with van der Waals surface area (Å²) in [5.74, 6) is 0.0607. The van der Waals surface area contributed by atoms with E-state index in [4.69, 9.17) is 0 Å². The number of nitrogens with zero attached hydrogens (tertiary/aromatic N) is 3. The Morgan fingerprint density at radius 2 is 2.00 bits per heavy atom. The maximum Gasteiger partial charge on any atom is 0.273 e. The number of pyridine rings is 1. The second-order valence-corrected chi connectivity index (χ2v) is 7.98. The van der Waals surface area contributed by atoms with Gasteiger partial charge in [0, 0.05) is 30.4 Å². The molecule has 2 aliphatic carbocycles. The Balaban J connectivity index is 1.29. The first kappa shape index (κ1) is 19.3. The molecule has 2 aromatic heterocycles. The van der Waals surface area contributed by atoms with Crippen LogP contribution in [0, 0.1) is 12.8 Å². The zero-order valence-corrected chi connectivity index (χ0v) is 16.4. The molecule has 2 heterocycles. The number of aromatic nitrogens is 3. The molecule has 0 saturated heterocycles. The lowest BCUT2D eigenvalue weighted by Crippen LogP contribution is -2.34. The van der Waals surface area contributed by atoms with Gasteiger partial charge in [-0.15, -0.1) is 0 Å². The van der Waals surface area contributed by atoms with Crippen LogP contribution in [-0.4, -0.2) is 44.5 Å². The molecule has 0 bridgehead atoms. The molecule has 2 fully saturated rings. The number of aromatic hydroxyl groups is 1. The van der Waals surface area contributed by atoms with Crippen LogP contribution in [0.4, 0.5) is 0 Å². The molecule has 8 heteroatoms. The molecule has 0 radical (unpaired) electrons. The predicted molar refractivity (Wildman–Crippen MR) is 106 cm³/mol. The van der Waals surface area contributed by atoms with E-state index in [9.17, 15) is 14.7 Å². The number of amides is 2. The van der Waals surface area contributed by atoms with E-state index in [0.29, 0.717) is 23.7 Å². The van der Waals surface area contributed by atoms with Gasteiger partial charge < -0.3 is 15.7 Å². The third-order valence-electron chi connectivity index (χ3n) is 5.61. The molecule has 2 amide bonds. The van der Waals surface area contributed by atoms with E-state index in [0.717, 1.165) is 37.8 Å². The molecule has 2 aliphatic rings. The predicted octanol–water partition coefficient (Wildman–Crippen LogP) is 2.09. The van der Waals surface area contributed by atoms with Crippen LogP contribution >= 0.6 is 0 Å². The number of nitrogens with one attached hydrogen (secondary N) is 2. The van der Waals surface area contributed by atoms with Crippen LogP contribution < -0.4 is 10.6 Å². The summed E-state index contributed by atoms with van der Waals surface area (Å²) in [6.07, 6.45) is 7.77. The molecule has 0 spiro atoms. The number of hydrogen-bond donors (Lipinski definition) is 3. The highest BCUT2D eigenvalue weighted by molar-refractivity contribution is 5.95. The van der Waals surface area contributed by atoms with Gasteiger partial charge in [0.2, 0.25) is 0 Å². The molecule has 2 atom stereocenters. The maximum atomic E-state index is 12.6. The van der Waals surface area contributed by atoms with Gasteiger partial charge in [-0.05, 0) is 57.1 Å². The van der Waals surface area contributed by atoms with E-state index < -0.39 is 0 Å². The van der Waals surface area contributed by atoms with Crippen molar-refractivity contribution < 1.29 is 14.7 Å². The summed E-state index contributed by atoms with van der Waals surface area (Å²) < 4.78 is 0. The lowest BCUT2D eigenvalue weighted by molar-refractivity contribution is 0.0920. The summed E-state index contributed by atoms with van der Waals surface area (Å²) in [5, 5.41) is 15.8. The van der Waals surface area contributed by atoms with Gasteiger partial charge >= 0.3 is 0 Å². The van der Waals surface area contributed by atoms with Crippen molar-refractivity contribution in [2.24, 2.45) is 5.92 Å². The van der Waals surface area contributed by atoms with Gasteiger partial charge in [-0.1, -0.05) is 0 Å². The molecule has 4 rings (SSSR count). The molecular formula is C21H25N5O3. The van der Waals surface area contributed by atoms with Gasteiger partial charge in [0.25, 0.3) is 11.8 Å². The van der Waals surface area contributed by atoms with Crippen LogP contribution in [-0.2, 0) is 0 Å². The maximum absolute atomic E-state index is 12.6. The molecule has 29 heavy (non-hydrogen) atoms. The Morgan fingerprint density at radius 3 is 2.79 bits per heavy atom. The SMILES string of the molecule is Cc1ccc(O)c(C(=O)N[C@@H]2CC[C@H](CNC(=O)c3cncnc3C3CC3)C2)n1. The second-order valence-electron chi connectivity index (χ2n) is 7.98. The van der Waals surface area contributed by atoms with Crippen LogP contribution in [0.25, 0.3) is 0 Å². The molecule has 2 saturated carbocycles. The molecule has 2 aromatic rings. The summed E-state index contributed by atoms with van der Waals surface area (Å²) in [6.45, 7) is 2.33. The van der Waals surface area contributed by atoms with E-state index >= 15 is 0 Å². The van der Waals surface area contributed by atoms with E-state index in [-0.39, 0.29) is 35.2 Å². The van der Waals surface area contributed by atoms with Crippen molar-refractivity contribution in [1.29, 1.82) is 0 Å². The van der Waals surface area contributed by atoms with E-state index in [1.54, 1.807) is 19.2 Å². The highest BCUT2D eigenvalue weighted by Crippen LogP contribution is 2.40. The van der Waals surface area contributed by atoms with Gasteiger partial charge in [-0.25, -0.2) is 15.0 Å². The first-order valence-electron chi connectivity index (χ1n) is 10.1. The summed E-state index contributed by atoms with van der Waals surface area (Å²) >= 11 is 0. The van der Waals surface area contributed by atoms with E-state index in [1.165, 1.54) is 12.4 Å². The van der Waals surface area contributed by atoms with Crippen molar-refractivity contribution in [3.05, 3.63) is 47.3 Å². The van der Waals surface area contributed by atoms with Crippen molar-refractivity contribution >= 4 is 11.8 Å². The molecule has 152 valence electrons. The van der Waals surface area contributed by atoms with Gasteiger partial charge in [0.1, 0.15) is 12.1 Å². The van der Waals surface area contributed by atoms with Gasteiger partial charge in [0.15, 0.2) is 5.69 Å². The van der Waals surface area contributed by atoms with Gasteiger partial charge in [-0.3, -0.25) is 9.59 Å². The normalized spacial score (nSPS) is 21.0. The van der Waals surface area contributed by atoms with E-state index in [2.05, 4.69) is 25.6 Å². The Labute approximate surface area is 169 Å². The van der Waals surface area contributed by atoms with Crippen molar-refractivity contribution in [3.8, 4) is 5.75 Å². The number of carbonyl (C=O) groups excluding carboxylic acids is 2. The monoisotopic (exact) mass is 395 g/mol. The van der Waals surface area contributed by atoms with Crippen LogP contribution in [0.5, 0.6) is 5.75 Å². The molecule has 0 aliphatic heterocycles. The van der Waals surface area contributed by atoms with Gasteiger partial charge in [0.05, 0.1) is 11.3 Å². The van der Waals surface area contributed by atoms with Crippen LogP contribution in [0.3, 0.4) is 0 Å². The second kappa shape index (κ2) is 8.14. The third kappa shape index (κ3) is 4.52. The summed E-state index contributed by atoms with van der Waals surface area (Å²) in [4.78, 5) is 37.4. The van der Waals surface area contributed by atoms with Crippen LogP contribution in [0.2, 0.25) is 0 Å². The average molecular weight is 395 g/mol. The van der Waals surface area contributed by atoms with Crippen molar-refractivity contribution in [2.45, 2.75) is 51.0 Å². The van der Waals surface area contributed by atoms with E-state index in [1.807, 2.05) is 0 Å². The summed E-state index contributed by atoms with van der Waals surface area (Å²) in [6, 6.07) is 3.15. The topological polar surface area (TPSA) is 117 Å². The zero-order valence-electron chi connectivity index (χ0n) is 16.4. The standard InChI is InChI=1S/C21H25N5O3/c1-12-2-7-17(27)19(25-12)21(29)26-15-6-3-13(8-15)9-23-20(28)16-10-22-11-24-18(16)14-4-5-14/h2,7,10-11,13-15,27H,3-6,8-9H2,1H3,(H,23,28)(H,26,29)/t13-,15+/m0/s1. The fraction of sp³-hybridized carbons (Fsp3) is 0.476.